The fourth-order valence-corrected chi connectivity index (χ4v) is 1.77. The van der Waals surface area contributed by atoms with Gasteiger partial charge in [-0.15, -0.1) is 0 Å². The lowest BCUT2D eigenvalue weighted by Gasteiger charge is -2.11. The molecule has 0 amide bonds. The van der Waals surface area contributed by atoms with E-state index in [2.05, 4.69) is 29.2 Å². The Morgan fingerprint density at radius 3 is 2.67 bits per heavy atom. The van der Waals surface area contributed by atoms with Gasteiger partial charge in [0.25, 0.3) is 0 Å². The first kappa shape index (κ1) is 12.2. The third kappa shape index (κ3) is 4.00. The fourth-order valence-electron chi connectivity index (χ4n) is 1.77. The Bertz CT molecular complexity index is 293. The van der Waals surface area contributed by atoms with Crippen LogP contribution in [0.4, 0.5) is 0 Å². The number of aryl methyl sites for hydroxylation is 3. The first-order valence-electron chi connectivity index (χ1n) is 5.75. The Morgan fingerprint density at radius 2 is 2.13 bits per heavy atom. The smallest absolute Gasteiger partial charge is 0.147 e. The topological polar surface area (TPSA) is 42.7 Å². The van der Waals surface area contributed by atoms with E-state index in [-0.39, 0.29) is 0 Å². The van der Waals surface area contributed by atoms with Crippen LogP contribution >= 0.6 is 0 Å². The zero-order valence-electron chi connectivity index (χ0n) is 10.2. The van der Waals surface area contributed by atoms with Gasteiger partial charge < -0.3 is 5.32 Å². The molecule has 0 aromatic carbocycles. The van der Waals surface area contributed by atoms with Crippen LogP contribution < -0.4 is 5.32 Å². The van der Waals surface area contributed by atoms with E-state index in [4.69, 9.17) is 0 Å². The molecule has 0 fully saturated rings. The summed E-state index contributed by atoms with van der Waals surface area (Å²) in [5, 5.41) is 7.74. The van der Waals surface area contributed by atoms with Gasteiger partial charge in [0.1, 0.15) is 11.6 Å². The third-order valence-corrected chi connectivity index (χ3v) is 2.52. The summed E-state index contributed by atoms with van der Waals surface area (Å²) in [5.74, 6) is 1.89. The van der Waals surface area contributed by atoms with E-state index in [1.54, 1.807) is 0 Å². The molecule has 4 heteroatoms. The second-order valence-electron chi connectivity index (χ2n) is 4.03. The van der Waals surface area contributed by atoms with Crippen LogP contribution in [-0.2, 0) is 6.54 Å². The van der Waals surface area contributed by atoms with Gasteiger partial charge in [0, 0.05) is 12.6 Å². The molecule has 0 aliphatic heterocycles. The monoisotopic (exact) mass is 210 g/mol. The lowest BCUT2D eigenvalue weighted by Crippen LogP contribution is -2.25. The molecule has 1 rings (SSSR count). The largest absolute Gasteiger partial charge is 0.315 e. The van der Waals surface area contributed by atoms with E-state index in [9.17, 15) is 0 Å². The molecule has 1 heterocycles. The summed E-state index contributed by atoms with van der Waals surface area (Å²) in [6.45, 7) is 10.3. The van der Waals surface area contributed by atoms with Crippen molar-refractivity contribution in [2.45, 2.75) is 53.1 Å². The summed E-state index contributed by atoms with van der Waals surface area (Å²) < 4.78 is 1.99. The Kier molecular flexibility index (Phi) is 4.75. The van der Waals surface area contributed by atoms with E-state index >= 15 is 0 Å². The molecule has 15 heavy (non-hydrogen) atoms. The lowest BCUT2D eigenvalue weighted by atomic mass is 10.2. The number of nitrogens with zero attached hydrogens (tertiary/aromatic N) is 3. The molecule has 0 aliphatic carbocycles. The van der Waals surface area contributed by atoms with E-state index < -0.39 is 0 Å². The Hall–Kier alpha value is -0.900. The number of rotatable bonds is 6. The average Bonchev–Trinajstić information content (AvgIpc) is 2.46. The molecule has 1 aromatic heterocycles. The maximum atomic E-state index is 4.34. The van der Waals surface area contributed by atoms with Crippen molar-refractivity contribution in [3.05, 3.63) is 11.6 Å². The van der Waals surface area contributed by atoms with E-state index in [1.807, 2.05) is 18.5 Å². The highest BCUT2D eigenvalue weighted by atomic mass is 15.3. The molecule has 0 saturated heterocycles. The van der Waals surface area contributed by atoms with Gasteiger partial charge in [-0.1, -0.05) is 6.92 Å². The zero-order chi connectivity index (χ0) is 11.3. The van der Waals surface area contributed by atoms with Gasteiger partial charge in [0.2, 0.25) is 0 Å². The number of hydrogen-bond donors (Lipinski definition) is 1. The van der Waals surface area contributed by atoms with Crippen molar-refractivity contribution in [1.29, 1.82) is 0 Å². The molecule has 0 spiro atoms. The molecular formula is C11H22N4. The predicted molar refractivity (Wildman–Crippen MR) is 61.9 cm³/mol. The van der Waals surface area contributed by atoms with Crippen LogP contribution in [0.5, 0.6) is 0 Å². The highest BCUT2D eigenvalue weighted by molar-refractivity contribution is 4.87. The van der Waals surface area contributed by atoms with Gasteiger partial charge >= 0.3 is 0 Å². The Balaban J connectivity index is 2.28. The van der Waals surface area contributed by atoms with Gasteiger partial charge in [0.05, 0.1) is 0 Å². The van der Waals surface area contributed by atoms with Crippen LogP contribution in [0.3, 0.4) is 0 Å². The SMILES string of the molecule is CCNC(C)CCCn1nc(C)nc1C. The summed E-state index contributed by atoms with van der Waals surface area (Å²) >= 11 is 0. The second kappa shape index (κ2) is 5.85. The summed E-state index contributed by atoms with van der Waals surface area (Å²) in [4.78, 5) is 4.28. The fraction of sp³-hybridized carbons (Fsp3) is 0.818. The third-order valence-electron chi connectivity index (χ3n) is 2.52. The van der Waals surface area contributed by atoms with Crippen LogP contribution in [0.25, 0.3) is 0 Å². The minimum atomic E-state index is 0.597. The van der Waals surface area contributed by atoms with Crippen molar-refractivity contribution >= 4 is 0 Å². The molecule has 4 nitrogen and oxygen atoms in total. The minimum absolute atomic E-state index is 0.597. The van der Waals surface area contributed by atoms with E-state index in [0.717, 1.165) is 31.2 Å². The molecule has 1 aromatic rings. The first-order chi connectivity index (χ1) is 7.13. The van der Waals surface area contributed by atoms with Crippen molar-refractivity contribution in [1.82, 2.24) is 20.1 Å². The van der Waals surface area contributed by atoms with Crippen LogP contribution in [0, 0.1) is 13.8 Å². The second-order valence-corrected chi connectivity index (χ2v) is 4.03. The molecule has 1 unspecified atom stereocenters. The number of hydrogen-bond acceptors (Lipinski definition) is 3. The van der Waals surface area contributed by atoms with Crippen molar-refractivity contribution < 1.29 is 0 Å². The maximum absolute atomic E-state index is 4.34. The molecule has 0 aliphatic rings. The van der Waals surface area contributed by atoms with Crippen molar-refractivity contribution in [2.75, 3.05) is 6.54 Å². The maximum Gasteiger partial charge on any atom is 0.147 e. The lowest BCUT2D eigenvalue weighted by molar-refractivity contribution is 0.466. The number of aromatic nitrogens is 3. The van der Waals surface area contributed by atoms with Crippen molar-refractivity contribution in [3.63, 3.8) is 0 Å². The van der Waals surface area contributed by atoms with Crippen LogP contribution in [0.15, 0.2) is 0 Å². The molecule has 0 bridgehead atoms. The highest BCUT2D eigenvalue weighted by Gasteiger charge is 2.03. The average molecular weight is 210 g/mol. The summed E-state index contributed by atoms with van der Waals surface area (Å²) in [6.07, 6.45) is 2.34. The van der Waals surface area contributed by atoms with E-state index in [1.165, 1.54) is 6.42 Å². The van der Waals surface area contributed by atoms with Crippen LogP contribution in [-0.4, -0.2) is 27.4 Å². The molecule has 1 atom stereocenters. The molecule has 0 radical (unpaired) electrons. The van der Waals surface area contributed by atoms with E-state index in [0.29, 0.717) is 6.04 Å². The Morgan fingerprint density at radius 1 is 1.40 bits per heavy atom. The van der Waals surface area contributed by atoms with Gasteiger partial charge in [-0.25, -0.2) is 4.98 Å². The first-order valence-corrected chi connectivity index (χ1v) is 5.75. The highest BCUT2D eigenvalue weighted by Crippen LogP contribution is 2.02. The quantitative estimate of drug-likeness (QED) is 0.776. The van der Waals surface area contributed by atoms with Crippen LogP contribution in [0.2, 0.25) is 0 Å². The molecular weight excluding hydrogens is 188 g/mol. The minimum Gasteiger partial charge on any atom is -0.315 e. The summed E-state index contributed by atoms with van der Waals surface area (Å²) in [7, 11) is 0. The number of nitrogens with one attached hydrogen (secondary N) is 1. The van der Waals surface area contributed by atoms with Gasteiger partial charge in [-0.3, -0.25) is 4.68 Å². The Labute approximate surface area is 92.1 Å². The van der Waals surface area contributed by atoms with Crippen molar-refractivity contribution in [3.8, 4) is 0 Å². The predicted octanol–water partition coefficient (Wildman–Crippen LogP) is 1.67. The van der Waals surface area contributed by atoms with Gasteiger partial charge in [0.15, 0.2) is 0 Å². The van der Waals surface area contributed by atoms with Crippen LogP contribution in [0.1, 0.15) is 38.3 Å². The molecule has 1 N–H and O–H groups in total. The molecule has 0 saturated carbocycles. The summed E-state index contributed by atoms with van der Waals surface area (Å²) in [6, 6.07) is 0.597. The zero-order valence-corrected chi connectivity index (χ0v) is 10.2. The molecule has 86 valence electrons. The summed E-state index contributed by atoms with van der Waals surface area (Å²) in [5.41, 5.74) is 0. The van der Waals surface area contributed by atoms with Gasteiger partial charge in [-0.2, -0.15) is 5.10 Å². The standard InChI is InChI=1S/C11H22N4/c1-5-12-9(2)7-6-8-15-11(4)13-10(3)14-15/h9,12H,5-8H2,1-4H3. The van der Waals surface area contributed by atoms with Gasteiger partial charge in [-0.05, 0) is 40.2 Å². The normalized spacial score (nSPS) is 13.1. The van der Waals surface area contributed by atoms with Crippen molar-refractivity contribution in [2.24, 2.45) is 0 Å².